The molecule has 1 aromatic rings. The Kier molecular flexibility index (Phi) is 4.14. The Labute approximate surface area is 109 Å². The van der Waals surface area contributed by atoms with Crippen LogP contribution in [0.2, 0.25) is 0 Å². The SMILES string of the molecule is CC(N)Cc1cnc(N2CCN(C)CC2C)nc1. The first-order valence-corrected chi connectivity index (χ1v) is 6.58. The van der Waals surface area contributed by atoms with Crippen molar-refractivity contribution in [3.63, 3.8) is 0 Å². The maximum absolute atomic E-state index is 5.77. The highest BCUT2D eigenvalue weighted by atomic mass is 15.3. The highest BCUT2D eigenvalue weighted by Crippen LogP contribution is 2.15. The van der Waals surface area contributed by atoms with Gasteiger partial charge in [-0.15, -0.1) is 0 Å². The molecule has 0 aliphatic carbocycles. The van der Waals surface area contributed by atoms with Crippen molar-refractivity contribution < 1.29 is 0 Å². The molecule has 2 heterocycles. The molecule has 1 fully saturated rings. The van der Waals surface area contributed by atoms with Crippen LogP contribution >= 0.6 is 0 Å². The summed E-state index contributed by atoms with van der Waals surface area (Å²) in [7, 11) is 2.15. The number of likely N-dealkylation sites (N-methyl/N-ethyl adjacent to an activating group) is 1. The number of hydrogen-bond donors (Lipinski definition) is 1. The van der Waals surface area contributed by atoms with Crippen molar-refractivity contribution >= 4 is 5.95 Å². The lowest BCUT2D eigenvalue weighted by Gasteiger charge is -2.38. The zero-order valence-electron chi connectivity index (χ0n) is 11.5. The Morgan fingerprint density at radius 2 is 2.06 bits per heavy atom. The number of aromatic nitrogens is 2. The van der Waals surface area contributed by atoms with E-state index in [0.717, 1.165) is 37.6 Å². The second kappa shape index (κ2) is 5.63. The number of anilines is 1. The van der Waals surface area contributed by atoms with Gasteiger partial charge in [0.05, 0.1) is 0 Å². The van der Waals surface area contributed by atoms with Crippen LogP contribution in [0.4, 0.5) is 5.95 Å². The maximum atomic E-state index is 5.77. The maximum Gasteiger partial charge on any atom is 0.225 e. The molecule has 2 rings (SSSR count). The molecule has 100 valence electrons. The van der Waals surface area contributed by atoms with E-state index in [-0.39, 0.29) is 6.04 Å². The predicted molar refractivity (Wildman–Crippen MR) is 73.7 cm³/mol. The summed E-state index contributed by atoms with van der Waals surface area (Å²) in [6, 6.07) is 0.616. The van der Waals surface area contributed by atoms with Crippen LogP contribution < -0.4 is 10.6 Å². The Morgan fingerprint density at radius 3 is 2.61 bits per heavy atom. The third-order valence-electron chi connectivity index (χ3n) is 3.34. The van der Waals surface area contributed by atoms with E-state index in [1.54, 1.807) is 0 Å². The van der Waals surface area contributed by atoms with E-state index in [4.69, 9.17) is 5.73 Å². The fourth-order valence-corrected chi connectivity index (χ4v) is 2.41. The van der Waals surface area contributed by atoms with Crippen LogP contribution in [0.3, 0.4) is 0 Å². The smallest absolute Gasteiger partial charge is 0.225 e. The first-order valence-electron chi connectivity index (χ1n) is 6.58. The Hall–Kier alpha value is -1.20. The molecule has 2 N–H and O–H groups in total. The van der Waals surface area contributed by atoms with Gasteiger partial charge >= 0.3 is 0 Å². The third-order valence-corrected chi connectivity index (χ3v) is 3.34. The Bertz CT molecular complexity index is 375. The number of nitrogens with zero attached hydrogens (tertiary/aromatic N) is 4. The van der Waals surface area contributed by atoms with E-state index >= 15 is 0 Å². The monoisotopic (exact) mass is 249 g/mol. The van der Waals surface area contributed by atoms with E-state index in [0.29, 0.717) is 6.04 Å². The average Bonchev–Trinajstić information content (AvgIpc) is 2.30. The lowest BCUT2D eigenvalue weighted by molar-refractivity contribution is 0.273. The van der Waals surface area contributed by atoms with Gasteiger partial charge in [-0.25, -0.2) is 9.97 Å². The zero-order chi connectivity index (χ0) is 13.1. The van der Waals surface area contributed by atoms with Crippen LogP contribution in [0.15, 0.2) is 12.4 Å². The van der Waals surface area contributed by atoms with E-state index in [1.165, 1.54) is 0 Å². The minimum atomic E-state index is 0.155. The summed E-state index contributed by atoms with van der Waals surface area (Å²) in [6.45, 7) is 7.33. The molecular weight excluding hydrogens is 226 g/mol. The first-order chi connectivity index (χ1) is 8.56. The summed E-state index contributed by atoms with van der Waals surface area (Å²) >= 11 is 0. The number of hydrogen-bond acceptors (Lipinski definition) is 5. The molecule has 18 heavy (non-hydrogen) atoms. The van der Waals surface area contributed by atoms with Crippen LogP contribution in [-0.2, 0) is 6.42 Å². The van der Waals surface area contributed by atoms with Crippen molar-refractivity contribution in [3.05, 3.63) is 18.0 Å². The van der Waals surface area contributed by atoms with Gasteiger partial charge in [-0.1, -0.05) is 0 Å². The molecule has 0 radical (unpaired) electrons. The summed E-state index contributed by atoms with van der Waals surface area (Å²) in [5.41, 5.74) is 6.88. The summed E-state index contributed by atoms with van der Waals surface area (Å²) in [4.78, 5) is 13.6. The van der Waals surface area contributed by atoms with Crippen LogP contribution in [0.25, 0.3) is 0 Å². The minimum Gasteiger partial charge on any atom is -0.336 e. The molecule has 2 atom stereocenters. The van der Waals surface area contributed by atoms with Crippen LogP contribution in [-0.4, -0.2) is 53.6 Å². The zero-order valence-corrected chi connectivity index (χ0v) is 11.5. The lowest BCUT2D eigenvalue weighted by atomic mass is 10.1. The number of piperazine rings is 1. The van der Waals surface area contributed by atoms with Crippen molar-refractivity contribution in [1.29, 1.82) is 0 Å². The number of nitrogens with two attached hydrogens (primary N) is 1. The molecule has 0 bridgehead atoms. The highest BCUT2D eigenvalue weighted by Gasteiger charge is 2.23. The van der Waals surface area contributed by atoms with Gasteiger partial charge in [0.1, 0.15) is 0 Å². The predicted octanol–water partition coefficient (Wildman–Crippen LogP) is 0.507. The van der Waals surface area contributed by atoms with Gasteiger partial charge in [0.25, 0.3) is 0 Å². The molecule has 5 heteroatoms. The Balaban J connectivity index is 2.05. The van der Waals surface area contributed by atoms with Crippen LogP contribution in [0, 0.1) is 0 Å². The minimum absolute atomic E-state index is 0.155. The van der Waals surface area contributed by atoms with Gasteiger partial charge in [0, 0.05) is 44.1 Å². The molecule has 1 aromatic heterocycles. The van der Waals surface area contributed by atoms with Gasteiger partial charge in [0.15, 0.2) is 0 Å². The van der Waals surface area contributed by atoms with Gasteiger partial charge in [-0.05, 0) is 32.9 Å². The molecule has 0 amide bonds. The summed E-state index contributed by atoms with van der Waals surface area (Å²) < 4.78 is 0. The molecule has 1 saturated heterocycles. The normalized spacial score (nSPS) is 23.1. The summed E-state index contributed by atoms with van der Waals surface area (Å²) in [5, 5.41) is 0. The lowest BCUT2D eigenvalue weighted by Crippen LogP contribution is -2.51. The number of rotatable bonds is 3. The van der Waals surface area contributed by atoms with Gasteiger partial charge in [-0.2, -0.15) is 0 Å². The quantitative estimate of drug-likeness (QED) is 0.845. The third kappa shape index (κ3) is 3.17. The largest absolute Gasteiger partial charge is 0.336 e. The van der Waals surface area contributed by atoms with Crippen molar-refractivity contribution in [2.24, 2.45) is 5.73 Å². The fraction of sp³-hybridized carbons (Fsp3) is 0.692. The molecule has 5 nitrogen and oxygen atoms in total. The second-order valence-electron chi connectivity index (χ2n) is 5.38. The van der Waals surface area contributed by atoms with Crippen LogP contribution in [0.5, 0.6) is 0 Å². The fourth-order valence-electron chi connectivity index (χ4n) is 2.41. The molecule has 1 aliphatic rings. The van der Waals surface area contributed by atoms with Crippen molar-refractivity contribution in [2.45, 2.75) is 32.4 Å². The average molecular weight is 249 g/mol. The molecule has 2 unspecified atom stereocenters. The topological polar surface area (TPSA) is 58.3 Å². The summed E-state index contributed by atoms with van der Waals surface area (Å²) in [6.07, 6.45) is 4.63. The van der Waals surface area contributed by atoms with E-state index < -0.39 is 0 Å². The van der Waals surface area contributed by atoms with E-state index in [1.807, 2.05) is 19.3 Å². The Morgan fingerprint density at radius 1 is 1.39 bits per heavy atom. The summed E-state index contributed by atoms with van der Waals surface area (Å²) in [5.74, 6) is 0.837. The van der Waals surface area contributed by atoms with Gasteiger partial charge in [-0.3, -0.25) is 0 Å². The molecular formula is C13H23N5. The van der Waals surface area contributed by atoms with Crippen LogP contribution in [0.1, 0.15) is 19.4 Å². The molecule has 0 aromatic carbocycles. The molecule has 1 aliphatic heterocycles. The standard InChI is InChI=1S/C13H23N5/c1-10(14)6-12-7-15-13(16-8-12)18-5-4-17(3)9-11(18)2/h7-8,10-11H,4-6,9,14H2,1-3H3. The van der Waals surface area contributed by atoms with Gasteiger partial charge < -0.3 is 15.5 Å². The second-order valence-corrected chi connectivity index (χ2v) is 5.38. The van der Waals surface area contributed by atoms with Crippen molar-refractivity contribution in [2.75, 3.05) is 31.6 Å². The van der Waals surface area contributed by atoms with Crippen molar-refractivity contribution in [3.8, 4) is 0 Å². The highest BCUT2D eigenvalue weighted by molar-refractivity contribution is 5.32. The van der Waals surface area contributed by atoms with E-state index in [9.17, 15) is 0 Å². The molecule has 0 spiro atoms. The van der Waals surface area contributed by atoms with Gasteiger partial charge in [0.2, 0.25) is 5.95 Å². The van der Waals surface area contributed by atoms with Crippen molar-refractivity contribution in [1.82, 2.24) is 14.9 Å². The van der Waals surface area contributed by atoms with E-state index in [2.05, 4.69) is 33.7 Å². The molecule has 0 saturated carbocycles. The first kappa shape index (κ1) is 13.2.